The Morgan fingerprint density at radius 2 is 1.41 bits per heavy atom. The average molecular weight is 233 g/mol. The normalized spacial score (nSPS) is 13.3. The van der Waals surface area contributed by atoms with Crippen LogP contribution in [0.15, 0.2) is 10.8 Å². The molecule has 2 aromatic rings. The van der Waals surface area contributed by atoms with Gasteiger partial charge in [-0.15, -0.1) is 0 Å². The first kappa shape index (κ1) is 12.0. The Morgan fingerprint density at radius 3 is 1.94 bits per heavy atom. The smallest absolute Gasteiger partial charge is 0.182 e. The Bertz CT molecular complexity index is 496. The van der Waals surface area contributed by atoms with Crippen LogP contribution in [0.3, 0.4) is 0 Å². The zero-order valence-electron chi connectivity index (χ0n) is 11.3. The van der Waals surface area contributed by atoms with Crippen LogP contribution >= 0.6 is 0 Å². The Morgan fingerprint density at radius 1 is 0.882 bits per heavy atom. The maximum atomic E-state index is 5.50. The van der Waals surface area contributed by atoms with Crippen LogP contribution in [0.1, 0.15) is 52.9 Å². The Hall–Kier alpha value is -1.45. The first-order chi connectivity index (χ1) is 7.71. The summed E-state index contributed by atoms with van der Waals surface area (Å²) in [7, 11) is 0. The van der Waals surface area contributed by atoms with Gasteiger partial charge in [0.2, 0.25) is 0 Å². The van der Waals surface area contributed by atoms with E-state index in [1.165, 1.54) is 6.39 Å². The molecule has 0 radical (unpaired) electrons. The number of hydrogen-bond acceptors (Lipinski definition) is 4. The van der Waals surface area contributed by atoms with E-state index in [0.29, 0.717) is 0 Å². The predicted molar refractivity (Wildman–Crippen MR) is 67.0 cm³/mol. The van der Waals surface area contributed by atoms with Crippen LogP contribution in [0.5, 0.6) is 0 Å². The fraction of sp³-hybridized carbons (Fsp3) is 0.615. The minimum atomic E-state index is -0.0960. The van der Waals surface area contributed by atoms with Gasteiger partial charge in [0.1, 0.15) is 11.2 Å². The molecule has 0 amide bonds. The van der Waals surface area contributed by atoms with Gasteiger partial charge in [0.15, 0.2) is 12.0 Å². The van der Waals surface area contributed by atoms with Crippen LogP contribution in [-0.2, 0) is 10.8 Å². The minimum Gasteiger partial charge on any atom is -0.441 e. The van der Waals surface area contributed by atoms with E-state index in [1.54, 1.807) is 0 Å². The lowest BCUT2D eigenvalue weighted by Gasteiger charge is -2.21. The number of rotatable bonds is 0. The van der Waals surface area contributed by atoms with Gasteiger partial charge < -0.3 is 4.42 Å². The molecule has 0 N–H and O–H groups in total. The van der Waals surface area contributed by atoms with Crippen LogP contribution < -0.4 is 0 Å². The lowest BCUT2D eigenvalue weighted by Crippen LogP contribution is -2.20. The van der Waals surface area contributed by atoms with Crippen molar-refractivity contribution in [1.29, 1.82) is 0 Å². The summed E-state index contributed by atoms with van der Waals surface area (Å²) in [6, 6.07) is 0. The van der Waals surface area contributed by atoms with E-state index in [0.717, 1.165) is 22.5 Å². The van der Waals surface area contributed by atoms with E-state index in [1.807, 2.05) is 0 Å². The molecule has 0 bridgehead atoms. The SMILES string of the molecule is CC(C)(C)c1nnc(C(C)(C)C)c2ocnc12. The summed E-state index contributed by atoms with van der Waals surface area (Å²) in [4.78, 5) is 4.29. The van der Waals surface area contributed by atoms with Gasteiger partial charge in [0.05, 0.1) is 5.69 Å². The second kappa shape index (κ2) is 3.52. The van der Waals surface area contributed by atoms with Gasteiger partial charge in [-0.1, -0.05) is 41.5 Å². The molecule has 0 fully saturated rings. The molecule has 0 aliphatic heterocycles. The largest absolute Gasteiger partial charge is 0.441 e. The van der Waals surface area contributed by atoms with Gasteiger partial charge in [-0.25, -0.2) is 4.98 Å². The second-order valence-electron chi connectivity index (χ2n) is 6.43. The van der Waals surface area contributed by atoms with Gasteiger partial charge in [-0.05, 0) is 0 Å². The average Bonchev–Trinajstić information content (AvgIpc) is 2.60. The maximum absolute atomic E-state index is 5.50. The molecule has 2 aromatic heterocycles. The summed E-state index contributed by atoms with van der Waals surface area (Å²) in [6.45, 7) is 12.6. The Labute approximate surface area is 101 Å². The first-order valence-electron chi connectivity index (χ1n) is 5.82. The molecule has 92 valence electrons. The third kappa shape index (κ3) is 2.04. The van der Waals surface area contributed by atoms with Crippen LogP contribution in [-0.4, -0.2) is 15.2 Å². The van der Waals surface area contributed by atoms with E-state index >= 15 is 0 Å². The lowest BCUT2D eigenvalue weighted by atomic mass is 9.88. The topological polar surface area (TPSA) is 51.8 Å². The fourth-order valence-corrected chi connectivity index (χ4v) is 1.77. The van der Waals surface area contributed by atoms with Gasteiger partial charge >= 0.3 is 0 Å². The number of aromatic nitrogens is 3. The van der Waals surface area contributed by atoms with Crippen molar-refractivity contribution >= 4 is 11.1 Å². The van der Waals surface area contributed by atoms with E-state index in [9.17, 15) is 0 Å². The zero-order chi connectivity index (χ0) is 12.8. The molecule has 0 atom stereocenters. The molecule has 4 nitrogen and oxygen atoms in total. The highest BCUT2D eigenvalue weighted by Crippen LogP contribution is 2.32. The number of fused-ring (bicyclic) bond motifs is 1. The van der Waals surface area contributed by atoms with E-state index < -0.39 is 0 Å². The molecule has 2 rings (SSSR count). The summed E-state index contributed by atoms with van der Waals surface area (Å²) in [5.74, 6) is 0. The third-order valence-corrected chi connectivity index (χ3v) is 2.68. The molecule has 0 spiro atoms. The second-order valence-corrected chi connectivity index (χ2v) is 6.43. The summed E-state index contributed by atoms with van der Waals surface area (Å²) in [5, 5.41) is 8.68. The Balaban J connectivity index is 2.76. The summed E-state index contributed by atoms with van der Waals surface area (Å²) < 4.78 is 5.50. The predicted octanol–water partition coefficient (Wildman–Crippen LogP) is 3.21. The zero-order valence-corrected chi connectivity index (χ0v) is 11.3. The molecular weight excluding hydrogens is 214 g/mol. The van der Waals surface area contributed by atoms with Gasteiger partial charge in [0.25, 0.3) is 0 Å². The van der Waals surface area contributed by atoms with Gasteiger partial charge in [-0.3, -0.25) is 0 Å². The standard InChI is InChI=1S/C13H19N3O/c1-12(2,3)10-8-9(17-7-14-8)11(16-15-10)13(4,5)6/h7H,1-6H3. The first-order valence-corrected chi connectivity index (χ1v) is 5.82. The molecular formula is C13H19N3O. The molecule has 2 heterocycles. The lowest BCUT2D eigenvalue weighted by molar-refractivity contribution is 0.517. The highest BCUT2D eigenvalue weighted by Gasteiger charge is 2.28. The van der Waals surface area contributed by atoms with Crippen molar-refractivity contribution in [3.63, 3.8) is 0 Å². The summed E-state index contributed by atoms with van der Waals surface area (Å²) >= 11 is 0. The van der Waals surface area contributed by atoms with Crippen LogP contribution in [0.25, 0.3) is 11.1 Å². The molecule has 0 saturated carbocycles. The fourth-order valence-electron chi connectivity index (χ4n) is 1.77. The molecule has 0 aromatic carbocycles. The molecule has 4 heteroatoms. The molecule has 17 heavy (non-hydrogen) atoms. The van der Waals surface area contributed by atoms with Gasteiger partial charge in [0, 0.05) is 10.8 Å². The van der Waals surface area contributed by atoms with Crippen molar-refractivity contribution in [3.8, 4) is 0 Å². The minimum absolute atomic E-state index is 0.0848. The highest BCUT2D eigenvalue weighted by atomic mass is 16.3. The van der Waals surface area contributed by atoms with E-state index in [2.05, 4.69) is 56.7 Å². The maximum Gasteiger partial charge on any atom is 0.182 e. The van der Waals surface area contributed by atoms with Crippen molar-refractivity contribution in [1.82, 2.24) is 15.2 Å². The van der Waals surface area contributed by atoms with Crippen molar-refractivity contribution in [2.75, 3.05) is 0 Å². The van der Waals surface area contributed by atoms with Crippen LogP contribution in [0, 0.1) is 0 Å². The van der Waals surface area contributed by atoms with Crippen LogP contribution in [0.2, 0.25) is 0 Å². The van der Waals surface area contributed by atoms with Gasteiger partial charge in [-0.2, -0.15) is 10.2 Å². The number of hydrogen-bond donors (Lipinski definition) is 0. The molecule has 0 unspecified atom stereocenters. The van der Waals surface area contributed by atoms with Crippen molar-refractivity contribution in [2.45, 2.75) is 52.4 Å². The summed E-state index contributed by atoms with van der Waals surface area (Å²) in [5.41, 5.74) is 3.15. The third-order valence-electron chi connectivity index (χ3n) is 2.68. The Kier molecular flexibility index (Phi) is 2.49. The molecule has 0 aliphatic rings. The summed E-state index contributed by atoms with van der Waals surface area (Å²) in [6.07, 6.45) is 1.47. The number of nitrogens with zero attached hydrogens (tertiary/aromatic N) is 3. The highest BCUT2D eigenvalue weighted by molar-refractivity contribution is 5.78. The number of oxazole rings is 1. The van der Waals surface area contributed by atoms with Crippen LogP contribution in [0.4, 0.5) is 0 Å². The quantitative estimate of drug-likeness (QED) is 0.701. The molecule has 0 aliphatic carbocycles. The molecule has 0 saturated heterocycles. The van der Waals surface area contributed by atoms with Crippen molar-refractivity contribution < 1.29 is 4.42 Å². The van der Waals surface area contributed by atoms with Crippen molar-refractivity contribution in [3.05, 3.63) is 17.8 Å². The van der Waals surface area contributed by atoms with E-state index in [4.69, 9.17) is 4.42 Å². The monoisotopic (exact) mass is 233 g/mol. The van der Waals surface area contributed by atoms with Crippen molar-refractivity contribution in [2.24, 2.45) is 0 Å². The van der Waals surface area contributed by atoms with E-state index in [-0.39, 0.29) is 10.8 Å².